The van der Waals surface area contributed by atoms with Gasteiger partial charge in [-0.2, -0.15) is 5.10 Å². The molecular weight excluding hydrogens is 426 g/mol. The first-order valence-electron chi connectivity index (χ1n) is 11.5. The molecule has 1 N–H and O–H groups in total. The van der Waals surface area contributed by atoms with Crippen molar-refractivity contribution in [1.29, 1.82) is 0 Å². The molecule has 0 aliphatic carbocycles. The third-order valence-corrected chi connectivity index (χ3v) is 5.51. The lowest BCUT2D eigenvalue weighted by Gasteiger charge is -2.09. The Balaban J connectivity index is 1.30. The smallest absolute Gasteiger partial charge is 0.255 e. The summed E-state index contributed by atoms with van der Waals surface area (Å²) in [5, 5.41) is 7.15. The molecule has 1 amide bonds. The number of hydrogen-bond acceptors (Lipinski definition) is 4. The standard InChI is InChI=1S/C28H29N3O3/c1-3-21-8-12-26(13-9-21)33-19-23-6-5-7-24(16-23)28(32)30-25-17-29-31(18-25)20-34-27-14-10-22(4-2)11-15-27/h5-18H,3-4,19-20H2,1-2H3,(H,30,32). The summed E-state index contributed by atoms with van der Waals surface area (Å²) in [6, 6.07) is 23.5. The maximum absolute atomic E-state index is 12.7. The summed E-state index contributed by atoms with van der Waals surface area (Å²) < 4.78 is 13.3. The van der Waals surface area contributed by atoms with E-state index in [1.54, 1.807) is 23.1 Å². The quantitative estimate of drug-likeness (QED) is 0.325. The van der Waals surface area contributed by atoms with Gasteiger partial charge in [0.25, 0.3) is 5.91 Å². The van der Waals surface area contributed by atoms with Gasteiger partial charge in [-0.15, -0.1) is 0 Å². The Hall–Kier alpha value is -4.06. The number of benzene rings is 3. The zero-order chi connectivity index (χ0) is 23.8. The molecule has 4 aromatic rings. The fourth-order valence-corrected chi connectivity index (χ4v) is 3.45. The van der Waals surface area contributed by atoms with E-state index in [-0.39, 0.29) is 12.6 Å². The van der Waals surface area contributed by atoms with Crippen molar-refractivity contribution in [2.45, 2.75) is 40.0 Å². The highest BCUT2D eigenvalue weighted by molar-refractivity contribution is 6.04. The molecule has 0 atom stereocenters. The van der Waals surface area contributed by atoms with Crippen molar-refractivity contribution in [3.63, 3.8) is 0 Å². The van der Waals surface area contributed by atoms with Gasteiger partial charge in [-0.1, -0.05) is 50.2 Å². The Labute approximate surface area is 200 Å². The molecule has 0 aliphatic rings. The fraction of sp³-hybridized carbons (Fsp3) is 0.214. The number of rotatable bonds is 10. The van der Waals surface area contributed by atoms with Crippen molar-refractivity contribution < 1.29 is 14.3 Å². The van der Waals surface area contributed by atoms with Gasteiger partial charge in [0.15, 0.2) is 6.73 Å². The first-order valence-corrected chi connectivity index (χ1v) is 11.5. The maximum Gasteiger partial charge on any atom is 0.255 e. The van der Waals surface area contributed by atoms with E-state index in [0.717, 1.165) is 29.9 Å². The molecule has 0 aliphatic heterocycles. The van der Waals surface area contributed by atoms with E-state index < -0.39 is 0 Å². The Morgan fingerprint density at radius 1 is 0.853 bits per heavy atom. The van der Waals surface area contributed by atoms with E-state index in [4.69, 9.17) is 9.47 Å². The summed E-state index contributed by atoms with van der Waals surface area (Å²) in [6.45, 7) is 4.89. The number of aromatic nitrogens is 2. The van der Waals surface area contributed by atoms with Crippen molar-refractivity contribution in [3.8, 4) is 11.5 Å². The number of nitrogens with one attached hydrogen (secondary N) is 1. The molecule has 4 rings (SSSR count). The Morgan fingerprint density at radius 2 is 1.50 bits per heavy atom. The first kappa shape index (κ1) is 23.1. The highest BCUT2D eigenvalue weighted by Crippen LogP contribution is 2.17. The van der Waals surface area contributed by atoms with E-state index in [9.17, 15) is 4.79 Å². The maximum atomic E-state index is 12.7. The molecule has 34 heavy (non-hydrogen) atoms. The molecule has 0 bridgehead atoms. The summed E-state index contributed by atoms with van der Waals surface area (Å²) in [7, 11) is 0. The number of carbonyl (C=O) groups is 1. The van der Waals surface area contributed by atoms with Crippen LogP contribution in [0.2, 0.25) is 0 Å². The highest BCUT2D eigenvalue weighted by Gasteiger charge is 2.09. The average Bonchev–Trinajstić information content (AvgIpc) is 3.34. The Morgan fingerprint density at radius 3 is 2.15 bits per heavy atom. The van der Waals surface area contributed by atoms with Crippen molar-refractivity contribution in [3.05, 3.63) is 107 Å². The van der Waals surface area contributed by atoms with Gasteiger partial charge in [0, 0.05) is 5.56 Å². The van der Waals surface area contributed by atoms with Crippen LogP contribution >= 0.6 is 0 Å². The Kier molecular flexibility index (Phi) is 7.60. The van der Waals surface area contributed by atoms with Gasteiger partial charge in [-0.05, 0) is 65.9 Å². The Bertz CT molecular complexity index is 1210. The molecule has 0 spiro atoms. The summed E-state index contributed by atoms with van der Waals surface area (Å²) in [4.78, 5) is 12.7. The van der Waals surface area contributed by atoms with E-state index in [2.05, 4.69) is 36.4 Å². The molecule has 1 heterocycles. The van der Waals surface area contributed by atoms with Gasteiger partial charge in [0.2, 0.25) is 0 Å². The van der Waals surface area contributed by atoms with Crippen LogP contribution < -0.4 is 14.8 Å². The van der Waals surface area contributed by atoms with Gasteiger partial charge in [-0.3, -0.25) is 4.79 Å². The van der Waals surface area contributed by atoms with Gasteiger partial charge >= 0.3 is 0 Å². The minimum Gasteiger partial charge on any atom is -0.489 e. The molecular formula is C28H29N3O3. The van der Waals surface area contributed by atoms with Crippen LogP contribution in [0.4, 0.5) is 5.69 Å². The normalized spacial score (nSPS) is 10.6. The summed E-state index contributed by atoms with van der Waals surface area (Å²) >= 11 is 0. The van der Waals surface area contributed by atoms with Crippen LogP contribution in [0.3, 0.4) is 0 Å². The topological polar surface area (TPSA) is 65.4 Å². The second-order valence-electron chi connectivity index (χ2n) is 7.98. The minimum atomic E-state index is -0.204. The summed E-state index contributed by atoms with van der Waals surface area (Å²) in [5.41, 5.74) is 4.62. The highest BCUT2D eigenvalue weighted by atomic mass is 16.5. The van der Waals surface area contributed by atoms with Crippen LogP contribution in [0, 0.1) is 0 Å². The number of nitrogens with zero attached hydrogens (tertiary/aromatic N) is 2. The average molecular weight is 456 g/mol. The van der Waals surface area contributed by atoms with E-state index >= 15 is 0 Å². The lowest BCUT2D eigenvalue weighted by Crippen LogP contribution is -2.12. The third kappa shape index (κ3) is 6.25. The predicted octanol–water partition coefficient (Wildman–Crippen LogP) is 5.88. The number of ether oxygens (including phenoxy) is 2. The lowest BCUT2D eigenvalue weighted by molar-refractivity contribution is 0.102. The van der Waals surface area contributed by atoms with E-state index in [0.29, 0.717) is 17.9 Å². The second kappa shape index (κ2) is 11.2. The number of hydrogen-bond donors (Lipinski definition) is 1. The molecule has 3 aromatic carbocycles. The summed E-state index contributed by atoms with van der Waals surface area (Å²) in [6.07, 6.45) is 5.33. The summed E-state index contributed by atoms with van der Waals surface area (Å²) in [5.74, 6) is 1.38. The predicted molar refractivity (Wildman–Crippen MR) is 133 cm³/mol. The number of amides is 1. The molecule has 1 aromatic heterocycles. The zero-order valence-electron chi connectivity index (χ0n) is 19.5. The van der Waals surface area contributed by atoms with Gasteiger partial charge in [-0.25, -0.2) is 4.68 Å². The lowest BCUT2D eigenvalue weighted by atomic mass is 10.1. The second-order valence-corrected chi connectivity index (χ2v) is 7.98. The molecule has 6 heteroatoms. The number of aryl methyl sites for hydroxylation is 2. The van der Waals surface area contributed by atoms with Crippen LogP contribution in [0.15, 0.2) is 85.2 Å². The molecule has 0 fully saturated rings. The first-order chi connectivity index (χ1) is 16.6. The molecule has 6 nitrogen and oxygen atoms in total. The molecule has 0 saturated heterocycles. The largest absolute Gasteiger partial charge is 0.489 e. The van der Waals surface area contributed by atoms with Crippen molar-refractivity contribution >= 4 is 11.6 Å². The van der Waals surface area contributed by atoms with Crippen LogP contribution in [0.1, 0.15) is 40.9 Å². The van der Waals surface area contributed by atoms with Crippen LogP contribution in [0.5, 0.6) is 11.5 Å². The number of carbonyl (C=O) groups excluding carboxylic acids is 1. The molecule has 0 radical (unpaired) electrons. The molecule has 174 valence electrons. The van der Waals surface area contributed by atoms with Crippen LogP contribution in [0.25, 0.3) is 0 Å². The molecule has 0 unspecified atom stereocenters. The third-order valence-electron chi connectivity index (χ3n) is 5.51. The van der Waals surface area contributed by atoms with Gasteiger partial charge < -0.3 is 14.8 Å². The van der Waals surface area contributed by atoms with Crippen molar-refractivity contribution in [1.82, 2.24) is 9.78 Å². The zero-order valence-corrected chi connectivity index (χ0v) is 19.5. The van der Waals surface area contributed by atoms with E-state index in [1.807, 2.05) is 54.6 Å². The van der Waals surface area contributed by atoms with Crippen molar-refractivity contribution in [2.24, 2.45) is 0 Å². The van der Waals surface area contributed by atoms with Crippen molar-refractivity contribution in [2.75, 3.05) is 5.32 Å². The monoisotopic (exact) mass is 455 g/mol. The number of anilines is 1. The molecule has 0 saturated carbocycles. The van der Waals surface area contributed by atoms with Gasteiger partial charge in [0.1, 0.15) is 18.1 Å². The van der Waals surface area contributed by atoms with Crippen LogP contribution in [-0.2, 0) is 26.2 Å². The minimum absolute atomic E-state index is 0.204. The fourth-order valence-electron chi connectivity index (χ4n) is 3.45. The van der Waals surface area contributed by atoms with Gasteiger partial charge in [0.05, 0.1) is 18.1 Å². The van der Waals surface area contributed by atoms with E-state index in [1.165, 1.54) is 11.1 Å². The SMILES string of the molecule is CCc1ccc(OCc2cccc(C(=O)Nc3cnn(COc4ccc(CC)cc4)c3)c2)cc1. The van der Waals surface area contributed by atoms with Crippen LogP contribution in [-0.4, -0.2) is 15.7 Å².